The number of hydrogen-bond acceptors (Lipinski definition) is 4. The van der Waals surface area contributed by atoms with Crippen LogP contribution in [0.4, 0.5) is 18.9 Å². The van der Waals surface area contributed by atoms with Gasteiger partial charge in [0.1, 0.15) is 0 Å². The molecule has 0 radical (unpaired) electrons. The topological polar surface area (TPSA) is 75.5 Å². The minimum absolute atomic E-state index is 0.0398. The number of nitro benzene ring substituents is 1. The van der Waals surface area contributed by atoms with Crippen LogP contribution < -0.4 is 5.32 Å². The molecule has 24 heavy (non-hydrogen) atoms. The fourth-order valence-electron chi connectivity index (χ4n) is 2.81. The van der Waals surface area contributed by atoms with Crippen molar-refractivity contribution in [1.82, 2.24) is 10.2 Å². The largest absolute Gasteiger partial charge is 0.401 e. The fraction of sp³-hybridized carbons (Fsp3) is 0.533. The number of likely N-dealkylation sites (tertiary alicyclic amines) is 1. The van der Waals surface area contributed by atoms with Crippen LogP contribution in [0.2, 0.25) is 0 Å². The molecule has 1 heterocycles. The molecule has 0 saturated carbocycles. The van der Waals surface area contributed by atoms with Gasteiger partial charge in [-0.1, -0.05) is 18.2 Å². The molecule has 6 nitrogen and oxygen atoms in total. The number of carbonyl (C=O) groups is 1. The number of halogens is 3. The summed E-state index contributed by atoms with van der Waals surface area (Å²) in [5.41, 5.74) is 0.190. The summed E-state index contributed by atoms with van der Waals surface area (Å²) in [6.45, 7) is -0.0308. The Labute approximate surface area is 136 Å². The van der Waals surface area contributed by atoms with Crippen LogP contribution >= 0.6 is 0 Å². The molecule has 1 fully saturated rings. The maximum Gasteiger partial charge on any atom is 0.401 e. The molecule has 0 spiro atoms. The van der Waals surface area contributed by atoms with Gasteiger partial charge in [0.2, 0.25) is 5.91 Å². The van der Waals surface area contributed by atoms with Crippen LogP contribution in [0.3, 0.4) is 0 Å². The average molecular weight is 345 g/mol. The minimum atomic E-state index is -4.22. The van der Waals surface area contributed by atoms with Crippen LogP contribution in [-0.4, -0.2) is 48.1 Å². The van der Waals surface area contributed by atoms with Gasteiger partial charge in [-0.15, -0.1) is 0 Å². The molecule has 132 valence electrons. The Kier molecular flexibility index (Phi) is 5.76. The molecule has 9 heteroatoms. The first kappa shape index (κ1) is 18.2. The standard InChI is InChI=1S/C15H18F3N3O3/c16-15(17,18)10-20-6-5-11(9-20)8-19-14(22)7-12-3-1-2-4-13(12)21(23)24/h1-4,11H,5-10H2,(H,19,22)/t11-/m1/s1. The van der Waals surface area contributed by atoms with Gasteiger partial charge in [-0.2, -0.15) is 13.2 Å². The van der Waals surface area contributed by atoms with Gasteiger partial charge in [-0.25, -0.2) is 0 Å². The van der Waals surface area contributed by atoms with Gasteiger partial charge in [0, 0.05) is 24.7 Å². The van der Waals surface area contributed by atoms with Crippen LogP contribution in [0.1, 0.15) is 12.0 Å². The Balaban J connectivity index is 1.79. The zero-order valence-corrected chi connectivity index (χ0v) is 12.9. The van der Waals surface area contributed by atoms with E-state index in [4.69, 9.17) is 0 Å². The van der Waals surface area contributed by atoms with Crippen molar-refractivity contribution in [2.24, 2.45) is 5.92 Å². The predicted molar refractivity (Wildman–Crippen MR) is 80.4 cm³/mol. The SMILES string of the molecule is O=C(Cc1ccccc1[N+](=O)[O-])NC[C@H]1CCN(CC(F)(F)F)C1. The molecule has 0 bridgehead atoms. The third kappa shape index (κ3) is 5.48. The van der Waals surface area contributed by atoms with E-state index < -0.39 is 17.6 Å². The van der Waals surface area contributed by atoms with Crippen LogP contribution in [-0.2, 0) is 11.2 Å². The van der Waals surface area contributed by atoms with Crippen molar-refractivity contribution in [1.29, 1.82) is 0 Å². The lowest BCUT2D eigenvalue weighted by Crippen LogP contribution is -2.35. The third-order valence-corrected chi connectivity index (χ3v) is 3.90. The number of carbonyl (C=O) groups excluding carboxylic acids is 1. The first-order chi connectivity index (χ1) is 11.2. The number of nitro groups is 1. The van der Waals surface area contributed by atoms with Gasteiger partial charge in [0.25, 0.3) is 5.69 Å². The van der Waals surface area contributed by atoms with Crippen molar-refractivity contribution >= 4 is 11.6 Å². The minimum Gasteiger partial charge on any atom is -0.355 e. The Morgan fingerprint density at radius 1 is 1.38 bits per heavy atom. The van der Waals surface area contributed by atoms with Gasteiger partial charge in [0.15, 0.2) is 0 Å². The second-order valence-corrected chi connectivity index (χ2v) is 5.87. The Morgan fingerprint density at radius 2 is 2.08 bits per heavy atom. The van der Waals surface area contributed by atoms with Crippen molar-refractivity contribution in [3.05, 3.63) is 39.9 Å². The van der Waals surface area contributed by atoms with E-state index in [2.05, 4.69) is 5.32 Å². The average Bonchev–Trinajstić information content (AvgIpc) is 2.91. The highest BCUT2D eigenvalue weighted by Gasteiger charge is 2.34. The highest BCUT2D eigenvalue weighted by atomic mass is 19.4. The summed E-state index contributed by atoms with van der Waals surface area (Å²) < 4.78 is 37.0. The van der Waals surface area contributed by atoms with E-state index >= 15 is 0 Å². The Bertz CT molecular complexity index is 607. The zero-order chi connectivity index (χ0) is 17.7. The summed E-state index contributed by atoms with van der Waals surface area (Å²) in [7, 11) is 0. The number of amides is 1. The maximum atomic E-state index is 12.3. The predicted octanol–water partition coefficient (Wildman–Crippen LogP) is 2.14. The van der Waals surface area contributed by atoms with Crippen LogP contribution in [0.15, 0.2) is 24.3 Å². The number of nitrogens with one attached hydrogen (secondary N) is 1. The summed E-state index contributed by atoms with van der Waals surface area (Å²) in [5.74, 6) is -0.416. The van der Waals surface area contributed by atoms with E-state index in [1.807, 2.05) is 0 Å². The molecule has 0 aliphatic carbocycles. The smallest absolute Gasteiger partial charge is 0.355 e. The van der Waals surface area contributed by atoms with E-state index in [9.17, 15) is 28.1 Å². The molecule has 1 saturated heterocycles. The lowest BCUT2D eigenvalue weighted by atomic mass is 10.1. The molecule has 2 rings (SSSR count). The van der Waals surface area contributed by atoms with Gasteiger partial charge < -0.3 is 5.32 Å². The van der Waals surface area contributed by atoms with Crippen molar-refractivity contribution in [2.75, 3.05) is 26.2 Å². The molecule has 0 unspecified atom stereocenters. The Hall–Kier alpha value is -2.16. The normalized spacial score (nSPS) is 18.5. The second-order valence-electron chi connectivity index (χ2n) is 5.87. The van der Waals surface area contributed by atoms with Crippen LogP contribution in [0.25, 0.3) is 0 Å². The van der Waals surface area contributed by atoms with E-state index in [0.717, 1.165) is 0 Å². The van der Waals surface area contributed by atoms with Crippen LogP contribution in [0, 0.1) is 16.0 Å². The number of benzene rings is 1. The highest BCUT2D eigenvalue weighted by molar-refractivity contribution is 5.79. The number of para-hydroxylation sites is 1. The summed E-state index contributed by atoms with van der Waals surface area (Å²) in [4.78, 5) is 23.6. The van der Waals surface area contributed by atoms with Gasteiger partial charge in [0.05, 0.1) is 17.9 Å². The summed E-state index contributed by atoms with van der Waals surface area (Å²) >= 11 is 0. The second kappa shape index (κ2) is 7.61. The lowest BCUT2D eigenvalue weighted by molar-refractivity contribution is -0.385. The van der Waals surface area contributed by atoms with E-state index in [0.29, 0.717) is 18.5 Å². The van der Waals surface area contributed by atoms with E-state index in [-0.39, 0.29) is 37.0 Å². The zero-order valence-electron chi connectivity index (χ0n) is 12.9. The molecule has 1 aromatic rings. The van der Waals surface area contributed by atoms with E-state index in [1.165, 1.54) is 23.1 Å². The van der Waals surface area contributed by atoms with Crippen molar-refractivity contribution in [3.63, 3.8) is 0 Å². The molecule has 1 atom stereocenters. The summed E-state index contributed by atoms with van der Waals surface area (Å²) in [6.07, 6.45) is -3.76. The summed E-state index contributed by atoms with van der Waals surface area (Å²) in [6, 6.07) is 5.97. The van der Waals surface area contributed by atoms with Gasteiger partial charge in [-0.05, 0) is 18.9 Å². The molecule has 1 aromatic carbocycles. The first-order valence-electron chi connectivity index (χ1n) is 7.52. The van der Waals surface area contributed by atoms with Crippen molar-refractivity contribution < 1.29 is 22.9 Å². The van der Waals surface area contributed by atoms with Gasteiger partial charge >= 0.3 is 6.18 Å². The summed E-state index contributed by atoms with van der Waals surface area (Å²) in [5, 5.41) is 13.6. The number of rotatable bonds is 6. The van der Waals surface area contributed by atoms with Crippen molar-refractivity contribution in [3.8, 4) is 0 Å². The maximum absolute atomic E-state index is 12.3. The van der Waals surface area contributed by atoms with Gasteiger partial charge in [-0.3, -0.25) is 19.8 Å². The molecular weight excluding hydrogens is 327 g/mol. The Morgan fingerprint density at radius 3 is 2.75 bits per heavy atom. The lowest BCUT2D eigenvalue weighted by Gasteiger charge is -2.18. The molecule has 1 aliphatic rings. The fourth-order valence-corrected chi connectivity index (χ4v) is 2.81. The third-order valence-electron chi connectivity index (χ3n) is 3.90. The first-order valence-corrected chi connectivity index (χ1v) is 7.52. The van der Waals surface area contributed by atoms with Crippen molar-refractivity contribution in [2.45, 2.75) is 19.0 Å². The quantitative estimate of drug-likeness (QED) is 0.633. The molecule has 1 amide bonds. The van der Waals surface area contributed by atoms with Crippen LogP contribution in [0.5, 0.6) is 0 Å². The number of hydrogen-bond donors (Lipinski definition) is 1. The van der Waals surface area contributed by atoms with E-state index in [1.54, 1.807) is 6.07 Å². The molecule has 1 aliphatic heterocycles. The highest BCUT2D eigenvalue weighted by Crippen LogP contribution is 2.22. The number of alkyl halides is 3. The monoisotopic (exact) mass is 345 g/mol. The molecule has 0 aromatic heterocycles. The molecule has 1 N–H and O–H groups in total. The molecular formula is C15H18F3N3O3. The number of nitrogens with zero attached hydrogens (tertiary/aromatic N) is 2.